The SMILES string of the molecule is O=C(NCc1ccnc(N2CCOCC2)n1)c1cccc(OC(F)(F)F)c1. The summed E-state index contributed by atoms with van der Waals surface area (Å²) in [6.07, 6.45) is -3.22. The summed E-state index contributed by atoms with van der Waals surface area (Å²) >= 11 is 0. The van der Waals surface area contributed by atoms with Gasteiger partial charge in [0, 0.05) is 24.8 Å². The lowest BCUT2D eigenvalue weighted by molar-refractivity contribution is -0.274. The van der Waals surface area contributed by atoms with Crippen LogP contribution < -0.4 is 15.0 Å². The molecule has 1 aromatic carbocycles. The molecule has 0 spiro atoms. The van der Waals surface area contributed by atoms with Crippen molar-refractivity contribution in [1.82, 2.24) is 15.3 Å². The van der Waals surface area contributed by atoms with E-state index in [1.165, 1.54) is 12.1 Å². The number of hydrogen-bond donors (Lipinski definition) is 1. The Bertz CT molecular complexity index is 795. The summed E-state index contributed by atoms with van der Waals surface area (Å²) in [7, 11) is 0. The van der Waals surface area contributed by atoms with Crippen molar-refractivity contribution >= 4 is 11.9 Å². The fraction of sp³-hybridized carbons (Fsp3) is 0.353. The molecule has 1 N–H and O–H groups in total. The van der Waals surface area contributed by atoms with E-state index in [1.54, 1.807) is 12.3 Å². The predicted octanol–water partition coefficient (Wildman–Crippen LogP) is 2.14. The minimum atomic E-state index is -4.81. The lowest BCUT2D eigenvalue weighted by atomic mass is 10.2. The number of benzene rings is 1. The third-order valence-electron chi connectivity index (χ3n) is 3.75. The molecule has 27 heavy (non-hydrogen) atoms. The van der Waals surface area contributed by atoms with Crippen molar-refractivity contribution in [2.45, 2.75) is 12.9 Å². The van der Waals surface area contributed by atoms with Crippen molar-refractivity contribution < 1.29 is 27.4 Å². The van der Waals surface area contributed by atoms with E-state index in [-0.39, 0.29) is 12.1 Å². The first-order valence-corrected chi connectivity index (χ1v) is 8.19. The molecule has 10 heteroatoms. The van der Waals surface area contributed by atoms with Gasteiger partial charge < -0.3 is 19.7 Å². The van der Waals surface area contributed by atoms with Crippen LogP contribution in [0.5, 0.6) is 5.75 Å². The van der Waals surface area contributed by atoms with Gasteiger partial charge in [0.2, 0.25) is 5.95 Å². The number of aromatic nitrogens is 2. The van der Waals surface area contributed by atoms with E-state index in [0.29, 0.717) is 37.9 Å². The molecule has 1 aliphatic heterocycles. The molecule has 0 unspecified atom stereocenters. The van der Waals surface area contributed by atoms with Gasteiger partial charge in [-0.2, -0.15) is 0 Å². The summed E-state index contributed by atoms with van der Waals surface area (Å²) in [5.74, 6) is -0.438. The number of carbonyl (C=O) groups excluding carboxylic acids is 1. The van der Waals surface area contributed by atoms with Crippen molar-refractivity contribution in [3.63, 3.8) is 0 Å². The van der Waals surface area contributed by atoms with Gasteiger partial charge in [-0.1, -0.05) is 6.07 Å². The van der Waals surface area contributed by atoms with E-state index in [2.05, 4.69) is 20.0 Å². The standard InChI is InChI=1S/C17H17F3N4O3/c18-17(19,20)27-14-3-1-2-12(10-14)15(25)22-11-13-4-5-21-16(23-13)24-6-8-26-9-7-24/h1-5,10H,6-9,11H2,(H,22,25). The smallest absolute Gasteiger partial charge is 0.406 e. The first-order chi connectivity index (χ1) is 12.9. The molecular formula is C17H17F3N4O3. The van der Waals surface area contributed by atoms with Gasteiger partial charge in [-0.15, -0.1) is 13.2 Å². The maximum atomic E-state index is 12.3. The summed E-state index contributed by atoms with van der Waals surface area (Å²) in [4.78, 5) is 22.8. The number of ether oxygens (including phenoxy) is 2. The molecule has 0 aliphatic carbocycles. The maximum Gasteiger partial charge on any atom is 0.573 e. The second-order valence-corrected chi connectivity index (χ2v) is 5.71. The molecule has 0 saturated carbocycles. The van der Waals surface area contributed by atoms with Gasteiger partial charge in [-0.05, 0) is 24.3 Å². The van der Waals surface area contributed by atoms with Crippen molar-refractivity contribution in [3.8, 4) is 5.75 Å². The van der Waals surface area contributed by atoms with Crippen LogP contribution in [0.3, 0.4) is 0 Å². The van der Waals surface area contributed by atoms with Crippen LogP contribution in [0.25, 0.3) is 0 Å². The van der Waals surface area contributed by atoms with E-state index in [1.807, 2.05) is 4.90 Å². The zero-order chi connectivity index (χ0) is 19.3. The van der Waals surface area contributed by atoms with E-state index >= 15 is 0 Å². The monoisotopic (exact) mass is 382 g/mol. The van der Waals surface area contributed by atoms with E-state index in [9.17, 15) is 18.0 Å². The number of morpholine rings is 1. The Kier molecular flexibility index (Phi) is 5.75. The van der Waals surface area contributed by atoms with Crippen LogP contribution in [0.15, 0.2) is 36.5 Å². The summed E-state index contributed by atoms with van der Waals surface area (Å²) in [6, 6.07) is 6.54. The van der Waals surface area contributed by atoms with Crippen molar-refractivity contribution in [2.24, 2.45) is 0 Å². The average molecular weight is 382 g/mol. The van der Waals surface area contributed by atoms with Crippen LogP contribution in [0.4, 0.5) is 19.1 Å². The fourth-order valence-electron chi connectivity index (χ4n) is 2.51. The highest BCUT2D eigenvalue weighted by atomic mass is 19.4. The Morgan fingerprint density at radius 1 is 1.26 bits per heavy atom. The van der Waals surface area contributed by atoms with E-state index < -0.39 is 18.0 Å². The number of nitrogens with zero attached hydrogens (tertiary/aromatic N) is 3. The highest BCUT2D eigenvalue weighted by Gasteiger charge is 2.31. The molecule has 0 radical (unpaired) electrons. The van der Waals surface area contributed by atoms with Gasteiger partial charge in [-0.3, -0.25) is 4.79 Å². The summed E-state index contributed by atoms with van der Waals surface area (Å²) < 4.78 is 46.0. The first kappa shape index (κ1) is 18.9. The van der Waals surface area contributed by atoms with Crippen LogP contribution >= 0.6 is 0 Å². The molecule has 2 aromatic rings. The Morgan fingerprint density at radius 3 is 2.78 bits per heavy atom. The number of nitrogens with one attached hydrogen (secondary N) is 1. The topological polar surface area (TPSA) is 76.6 Å². The number of halogens is 3. The molecule has 1 aromatic heterocycles. The predicted molar refractivity (Wildman–Crippen MR) is 89.4 cm³/mol. The highest BCUT2D eigenvalue weighted by molar-refractivity contribution is 5.94. The largest absolute Gasteiger partial charge is 0.573 e. The van der Waals surface area contributed by atoms with Crippen molar-refractivity contribution in [3.05, 3.63) is 47.8 Å². The third kappa shape index (κ3) is 5.55. The molecule has 1 fully saturated rings. The number of anilines is 1. The van der Waals surface area contributed by atoms with Crippen molar-refractivity contribution in [1.29, 1.82) is 0 Å². The number of alkyl halides is 3. The van der Waals surface area contributed by atoms with E-state index in [4.69, 9.17) is 4.74 Å². The van der Waals surface area contributed by atoms with Gasteiger partial charge in [0.15, 0.2) is 0 Å². The number of hydrogen-bond acceptors (Lipinski definition) is 6. The number of amides is 1. The summed E-state index contributed by atoms with van der Waals surface area (Å²) in [5, 5.41) is 2.63. The highest BCUT2D eigenvalue weighted by Crippen LogP contribution is 2.23. The second kappa shape index (κ2) is 8.21. The minimum Gasteiger partial charge on any atom is -0.406 e. The Morgan fingerprint density at radius 2 is 2.04 bits per heavy atom. The van der Waals surface area contributed by atoms with Crippen LogP contribution in [0, 0.1) is 0 Å². The Labute approximate surface area is 153 Å². The molecule has 0 bridgehead atoms. The quantitative estimate of drug-likeness (QED) is 0.854. The zero-order valence-corrected chi connectivity index (χ0v) is 14.2. The first-order valence-electron chi connectivity index (χ1n) is 8.19. The summed E-state index contributed by atoms with van der Waals surface area (Å²) in [5.41, 5.74) is 0.641. The van der Waals surface area contributed by atoms with Gasteiger partial charge in [0.25, 0.3) is 5.91 Å². The van der Waals surface area contributed by atoms with Crippen molar-refractivity contribution in [2.75, 3.05) is 31.2 Å². The van der Waals surface area contributed by atoms with Crippen LogP contribution in [0.1, 0.15) is 16.1 Å². The molecule has 3 rings (SSSR count). The van der Waals surface area contributed by atoms with Gasteiger partial charge in [0.05, 0.1) is 25.5 Å². The molecule has 0 atom stereocenters. The normalized spacial score (nSPS) is 14.7. The molecular weight excluding hydrogens is 365 g/mol. The zero-order valence-electron chi connectivity index (χ0n) is 14.2. The van der Waals surface area contributed by atoms with Gasteiger partial charge in [-0.25, -0.2) is 9.97 Å². The van der Waals surface area contributed by atoms with Gasteiger partial charge >= 0.3 is 6.36 Å². The molecule has 1 aliphatic rings. The lowest BCUT2D eigenvalue weighted by Crippen LogP contribution is -2.37. The number of carbonyl (C=O) groups is 1. The third-order valence-corrected chi connectivity index (χ3v) is 3.75. The van der Waals surface area contributed by atoms with Gasteiger partial charge in [0.1, 0.15) is 5.75 Å². The minimum absolute atomic E-state index is 0.0548. The second-order valence-electron chi connectivity index (χ2n) is 5.71. The van der Waals surface area contributed by atoms with E-state index in [0.717, 1.165) is 12.1 Å². The molecule has 7 nitrogen and oxygen atoms in total. The average Bonchev–Trinajstić information content (AvgIpc) is 2.66. The Balaban J connectivity index is 1.61. The maximum absolute atomic E-state index is 12.3. The van der Waals surface area contributed by atoms with Crippen LogP contribution in [-0.4, -0.2) is 48.5 Å². The lowest BCUT2D eigenvalue weighted by Gasteiger charge is -2.26. The number of rotatable bonds is 5. The molecule has 1 saturated heterocycles. The molecule has 1 amide bonds. The van der Waals surface area contributed by atoms with Crippen LogP contribution in [-0.2, 0) is 11.3 Å². The summed E-state index contributed by atoms with van der Waals surface area (Å²) in [6.45, 7) is 2.67. The molecule has 2 heterocycles. The molecule has 144 valence electrons. The van der Waals surface area contributed by atoms with Crippen LogP contribution in [0.2, 0.25) is 0 Å². The fourth-order valence-corrected chi connectivity index (χ4v) is 2.51. The Hall–Kier alpha value is -2.88.